The van der Waals surface area contributed by atoms with Gasteiger partial charge in [0.05, 0.1) is 23.4 Å². The van der Waals surface area contributed by atoms with Gasteiger partial charge in [-0.05, 0) is 29.8 Å². The zero-order valence-electron chi connectivity index (χ0n) is 16.5. The number of methoxy groups -OCH3 is 1. The van der Waals surface area contributed by atoms with Gasteiger partial charge in [-0.3, -0.25) is 4.79 Å². The number of carbonyl (C=O) groups excluding carboxylic acids is 1. The first kappa shape index (κ1) is 20.2. The number of rotatable bonds is 9. The molecule has 1 N–H and O–H groups in total. The van der Waals surface area contributed by atoms with E-state index < -0.39 is 0 Å². The number of amides is 1. The van der Waals surface area contributed by atoms with Crippen LogP contribution in [-0.4, -0.2) is 49.0 Å². The second-order valence-electron chi connectivity index (χ2n) is 6.65. The maximum atomic E-state index is 12.3. The van der Waals surface area contributed by atoms with Crippen LogP contribution in [0.25, 0.3) is 11.0 Å². The zero-order valence-corrected chi connectivity index (χ0v) is 17.3. The summed E-state index contributed by atoms with van der Waals surface area (Å²) in [5.74, 6) is 0.318. The van der Waals surface area contributed by atoms with Gasteiger partial charge in [0.25, 0.3) is 0 Å². The Kier molecular flexibility index (Phi) is 6.95. The number of para-hydroxylation sites is 2. The zero-order chi connectivity index (χ0) is 19.9. The largest absolute Gasteiger partial charge is 0.383 e. The summed E-state index contributed by atoms with van der Waals surface area (Å²) in [6.07, 6.45) is 0. The van der Waals surface area contributed by atoms with Gasteiger partial charge in [0.15, 0.2) is 5.16 Å². The van der Waals surface area contributed by atoms with Gasteiger partial charge < -0.3 is 19.5 Å². The van der Waals surface area contributed by atoms with Gasteiger partial charge in [-0.1, -0.05) is 36.0 Å². The highest BCUT2D eigenvalue weighted by Gasteiger charge is 2.12. The van der Waals surface area contributed by atoms with Crippen LogP contribution in [-0.2, 0) is 22.6 Å². The Morgan fingerprint density at radius 2 is 1.93 bits per heavy atom. The van der Waals surface area contributed by atoms with E-state index in [1.54, 1.807) is 7.11 Å². The number of anilines is 1. The Hall–Kier alpha value is -2.51. The molecule has 0 bridgehead atoms. The van der Waals surface area contributed by atoms with E-state index in [0.29, 0.717) is 25.4 Å². The van der Waals surface area contributed by atoms with Crippen molar-refractivity contribution in [3.05, 3.63) is 54.1 Å². The lowest BCUT2D eigenvalue weighted by molar-refractivity contribution is -0.118. The van der Waals surface area contributed by atoms with Crippen molar-refractivity contribution in [3.8, 4) is 0 Å². The van der Waals surface area contributed by atoms with Crippen molar-refractivity contribution in [2.24, 2.45) is 0 Å². The van der Waals surface area contributed by atoms with Crippen LogP contribution >= 0.6 is 11.8 Å². The van der Waals surface area contributed by atoms with Crippen molar-refractivity contribution in [1.29, 1.82) is 0 Å². The number of imidazole rings is 1. The third-order valence-electron chi connectivity index (χ3n) is 4.41. The molecule has 2 aromatic carbocycles. The highest BCUT2D eigenvalue weighted by atomic mass is 32.2. The number of hydrogen-bond donors (Lipinski definition) is 1. The van der Waals surface area contributed by atoms with Crippen molar-refractivity contribution in [2.75, 3.05) is 38.5 Å². The number of hydrogen-bond acceptors (Lipinski definition) is 5. The average Bonchev–Trinajstić information content (AvgIpc) is 3.07. The molecule has 0 aliphatic heterocycles. The first-order chi connectivity index (χ1) is 13.6. The van der Waals surface area contributed by atoms with E-state index in [-0.39, 0.29) is 5.91 Å². The fraction of sp³-hybridized carbons (Fsp3) is 0.333. The molecule has 148 valence electrons. The van der Waals surface area contributed by atoms with E-state index in [0.717, 1.165) is 27.4 Å². The Morgan fingerprint density at radius 3 is 2.64 bits per heavy atom. The molecule has 0 radical (unpaired) electrons. The lowest BCUT2D eigenvalue weighted by Gasteiger charge is -2.13. The Morgan fingerprint density at radius 1 is 1.18 bits per heavy atom. The summed E-state index contributed by atoms with van der Waals surface area (Å²) < 4.78 is 7.32. The Labute approximate surface area is 169 Å². The minimum Gasteiger partial charge on any atom is -0.383 e. The van der Waals surface area contributed by atoms with Gasteiger partial charge >= 0.3 is 0 Å². The van der Waals surface area contributed by atoms with Gasteiger partial charge in [-0.2, -0.15) is 0 Å². The topological polar surface area (TPSA) is 59.4 Å². The monoisotopic (exact) mass is 398 g/mol. The highest BCUT2D eigenvalue weighted by molar-refractivity contribution is 7.99. The third kappa shape index (κ3) is 5.05. The standard InChI is InChI=1S/C21H26N4O2S/c1-24(2)17-10-8-16(9-11-17)14-22-20(26)15-28-21-23-18-6-4-5-7-19(18)25(21)12-13-27-3/h4-11H,12-15H2,1-3H3,(H,22,26). The number of thioether (sulfide) groups is 1. The van der Waals surface area contributed by atoms with E-state index in [1.807, 2.05) is 50.5 Å². The summed E-state index contributed by atoms with van der Waals surface area (Å²) in [5, 5.41) is 3.82. The molecule has 0 saturated carbocycles. The van der Waals surface area contributed by atoms with E-state index in [4.69, 9.17) is 4.74 Å². The molecular formula is C21H26N4O2S. The normalized spacial score (nSPS) is 11.0. The molecule has 0 fully saturated rings. The number of benzene rings is 2. The van der Waals surface area contributed by atoms with Crippen LogP contribution < -0.4 is 10.2 Å². The Balaban J connectivity index is 1.58. The van der Waals surface area contributed by atoms with Crippen molar-refractivity contribution in [3.63, 3.8) is 0 Å². The van der Waals surface area contributed by atoms with E-state index in [2.05, 4.69) is 31.9 Å². The van der Waals surface area contributed by atoms with E-state index in [9.17, 15) is 4.79 Å². The van der Waals surface area contributed by atoms with E-state index in [1.165, 1.54) is 11.8 Å². The average molecular weight is 399 g/mol. The van der Waals surface area contributed by atoms with Crippen LogP contribution in [0.5, 0.6) is 0 Å². The van der Waals surface area contributed by atoms with Crippen LogP contribution in [0.4, 0.5) is 5.69 Å². The van der Waals surface area contributed by atoms with Crippen molar-refractivity contribution in [2.45, 2.75) is 18.2 Å². The highest BCUT2D eigenvalue weighted by Crippen LogP contribution is 2.24. The number of nitrogens with one attached hydrogen (secondary N) is 1. The van der Waals surface area contributed by atoms with Gasteiger partial charge in [0.2, 0.25) is 5.91 Å². The lowest BCUT2D eigenvalue weighted by atomic mass is 10.2. The van der Waals surface area contributed by atoms with Gasteiger partial charge in [-0.25, -0.2) is 4.98 Å². The Bertz CT molecular complexity index is 922. The van der Waals surface area contributed by atoms with Gasteiger partial charge in [-0.15, -0.1) is 0 Å². The molecule has 1 heterocycles. The molecule has 6 nitrogen and oxygen atoms in total. The summed E-state index contributed by atoms with van der Waals surface area (Å²) in [5.41, 5.74) is 4.21. The lowest BCUT2D eigenvalue weighted by Crippen LogP contribution is -2.24. The number of nitrogens with zero attached hydrogens (tertiary/aromatic N) is 3. The second-order valence-corrected chi connectivity index (χ2v) is 7.60. The van der Waals surface area contributed by atoms with Crippen LogP contribution in [0.3, 0.4) is 0 Å². The van der Waals surface area contributed by atoms with Crippen LogP contribution in [0.1, 0.15) is 5.56 Å². The molecule has 0 atom stereocenters. The smallest absolute Gasteiger partial charge is 0.230 e. The predicted molar refractivity (Wildman–Crippen MR) is 115 cm³/mol. The second kappa shape index (κ2) is 9.61. The predicted octanol–water partition coefficient (Wildman–Crippen LogP) is 3.16. The van der Waals surface area contributed by atoms with Gasteiger partial charge in [0, 0.05) is 40.0 Å². The van der Waals surface area contributed by atoms with Crippen LogP contribution in [0.2, 0.25) is 0 Å². The van der Waals surface area contributed by atoms with Crippen LogP contribution in [0, 0.1) is 0 Å². The third-order valence-corrected chi connectivity index (χ3v) is 5.39. The molecule has 0 saturated heterocycles. The van der Waals surface area contributed by atoms with Crippen molar-refractivity contribution >= 4 is 34.4 Å². The molecule has 0 aliphatic rings. The number of carbonyl (C=O) groups is 1. The van der Waals surface area contributed by atoms with Crippen molar-refractivity contribution < 1.29 is 9.53 Å². The fourth-order valence-corrected chi connectivity index (χ4v) is 3.73. The number of fused-ring (bicyclic) bond motifs is 1. The summed E-state index contributed by atoms with van der Waals surface area (Å²) in [4.78, 5) is 19.0. The molecule has 0 aliphatic carbocycles. The summed E-state index contributed by atoms with van der Waals surface area (Å²) in [6, 6.07) is 16.2. The summed E-state index contributed by atoms with van der Waals surface area (Å²) in [6.45, 7) is 1.83. The number of aromatic nitrogens is 2. The molecule has 28 heavy (non-hydrogen) atoms. The summed E-state index contributed by atoms with van der Waals surface area (Å²) in [7, 11) is 5.70. The molecule has 3 aromatic rings. The molecule has 1 amide bonds. The first-order valence-electron chi connectivity index (χ1n) is 9.18. The van der Waals surface area contributed by atoms with Crippen LogP contribution in [0.15, 0.2) is 53.7 Å². The maximum Gasteiger partial charge on any atom is 0.230 e. The molecule has 3 rings (SSSR count). The first-order valence-corrected chi connectivity index (χ1v) is 10.2. The quantitative estimate of drug-likeness (QED) is 0.561. The number of ether oxygens (including phenoxy) is 1. The van der Waals surface area contributed by atoms with Crippen molar-refractivity contribution in [1.82, 2.24) is 14.9 Å². The molecule has 0 unspecified atom stereocenters. The van der Waals surface area contributed by atoms with E-state index >= 15 is 0 Å². The SMILES string of the molecule is COCCn1c(SCC(=O)NCc2ccc(N(C)C)cc2)nc2ccccc21. The minimum absolute atomic E-state index is 0.00738. The maximum absolute atomic E-state index is 12.3. The van der Waals surface area contributed by atoms with Gasteiger partial charge in [0.1, 0.15) is 0 Å². The molecule has 1 aromatic heterocycles. The summed E-state index contributed by atoms with van der Waals surface area (Å²) >= 11 is 1.45. The molecule has 7 heteroatoms. The fourth-order valence-electron chi connectivity index (χ4n) is 2.86. The molecular weight excluding hydrogens is 372 g/mol. The molecule has 0 spiro atoms. The minimum atomic E-state index is -0.00738.